The molecule has 0 fully saturated rings. The van der Waals surface area contributed by atoms with Gasteiger partial charge in [0.25, 0.3) is 0 Å². The molecule has 0 saturated heterocycles. The van der Waals surface area contributed by atoms with Crippen LogP contribution in [0.4, 0.5) is 13.2 Å². The zero-order valence-corrected chi connectivity index (χ0v) is 11.7. The molecular weight excluding hydrogens is 293 g/mol. The van der Waals surface area contributed by atoms with Crippen molar-refractivity contribution >= 4 is 18.1 Å². The molecule has 0 radical (unpaired) electrons. The van der Waals surface area contributed by atoms with Crippen molar-refractivity contribution in [2.75, 3.05) is 7.11 Å². The first kappa shape index (κ1) is 15.8. The molecular formula is C17H13F3O2. The van der Waals surface area contributed by atoms with Crippen LogP contribution in [0, 0.1) is 0 Å². The highest BCUT2D eigenvalue weighted by atomic mass is 19.4. The average molecular weight is 306 g/mol. The Labute approximate surface area is 125 Å². The van der Waals surface area contributed by atoms with E-state index in [0.29, 0.717) is 11.1 Å². The van der Waals surface area contributed by atoms with E-state index in [2.05, 4.69) is 4.74 Å². The highest BCUT2D eigenvalue weighted by Gasteiger charge is 2.29. The summed E-state index contributed by atoms with van der Waals surface area (Å²) in [6.45, 7) is 0. The number of rotatable bonds is 3. The summed E-state index contributed by atoms with van der Waals surface area (Å²) in [7, 11) is 1.31. The molecule has 0 spiro atoms. The number of methoxy groups -OCH3 is 1. The first-order chi connectivity index (χ1) is 10.4. The van der Waals surface area contributed by atoms with Crippen molar-refractivity contribution in [3.05, 3.63) is 70.8 Å². The predicted octanol–water partition coefficient (Wildman–Crippen LogP) is 4.66. The van der Waals surface area contributed by atoms with Gasteiger partial charge in [-0.15, -0.1) is 0 Å². The molecule has 0 saturated carbocycles. The molecule has 2 nitrogen and oxygen atoms in total. The van der Waals surface area contributed by atoms with Crippen LogP contribution in [0.5, 0.6) is 0 Å². The van der Waals surface area contributed by atoms with Crippen LogP contribution in [0.2, 0.25) is 0 Å². The summed E-state index contributed by atoms with van der Waals surface area (Å²) in [5.41, 5.74) is 1.25. The van der Waals surface area contributed by atoms with Gasteiger partial charge >= 0.3 is 12.1 Å². The van der Waals surface area contributed by atoms with E-state index >= 15 is 0 Å². The number of alkyl halides is 3. The number of hydrogen-bond acceptors (Lipinski definition) is 2. The molecule has 0 aliphatic rings. The Morgan fingerprint density at radius 3 is 1.77 bits per heavy atom. The molecule has 0 amide bonds. The van der Waals surface area contributed by atoms with Gasteiger partial charge in [-0.3, -0.25) is 0 Å². The van der Waals surface area contributed by atoms with Crippen molar-refractivity contribution in [1.29, 1.82) is 0 Å². The number of esters is 1. The van der Waals surface area contributed by atoms with E-state index in [4.69, 9.17) is 0 Å². The van der Waals surface area contributed by atoms with Crippen molar-refractivity contribution in [3.63, 3.8) is 0 Å². The Hall–Kier alpha value is -2.56. The molecule has 0 heterocycles. The van der Waals surface area contributed by atoms with E-state index in [9.17, 15) is 18.0 Å². The number of ether oxygens (including phenoxy) is 1. The summed E-state index contributed by atoms with van der Waals surface area (Å²) < 4.78 is 41.9. The van der Waals surface area contributed by atoms with Gasteiger partial charge in [0, 0.05) is 0 Å². The standard InChI is InChI=1S/C17H13F3O2/c1-22-16(21)14-8-4-12(5-9-14)2-3-13-6-10-15(11-7-13)17(18,19)20/h2-11H,1H3/b3-2+. The van der Waals surface area contributed by atoms with Crippen LogP contribution >= 0.6 is 0 Å². The molecule has 22 heavy (non-hydrogen) atoms. The van der Waals surface area contributed by atoms with E-state index in [0.717, 1.165) is 17.7 Å². The number of carbonyl (C=O) groups is 1. The van der Waals surface area contributed by atoms with Crippen LogP contribution in [-0.4, -0.2) is 13.1 Å². The zero-order chi connectivity index (χ0) is 16.2. The molecule has 0 bridgehead atoms. The fourth-order valence-corrected chi connectivity index (χ4v) is 1.82. The van der Waals surface area contributed by atoms with E-state index in [-0.39, 0.29) is 0 Å². The monoisotopic (exact) mass is 306 g/mol. The van der Waals surface area contributed by atoms with E-state index in [1.54, 1.807) is 36.4 Å². The molecule has 0 N–H and O–H groups in total. The Bertz CT molecular complexity index is 669. The molecule has 0 unspecified atom stereocenters. The fraction of sp³-hybridized carbons (Fsp3) is 0.118. The Balaban J connectivity index is 2.10. The highest BCUT2D eigenvalue weighted by molar-refractivity contribution is 5.89. The first-order valence-corrected chi connectivity index (χ1v) is 6.44. The minimum atomic E-state index is -4.33. The van der Waals surface area contributed by atoms with Crippen molar-refractivity contribution < 1.29 is 22.7 Å². The third kappa shape index (κ3) is 3.97. The van der Waals surface area contributed by atoms with Gasteiger partial charge in [0.2, 0.25) is 0 Å². The number of halogens is 3. The molecule has 2 rings (SSSR count). The van der Waals surface area contributed by atoms with Crippen molar-refractivity contribution in [1.82, 2.24) is 0 Å². The summed E-state index contributed by atoms with van der Waals surface area (Å²) in [5, 5.41) is 0. The van der Waals surface area contributed by atoms with Gasteiger partial charge < -0.3 is 4.74 Å². The van der Waals surface area contributed by atoms with Gasteiger partial charge in [-0.25, -0.2) is 4.79 Å². The van der Waals surface area contributed by atoms with Crippen LogP contribution in [0.15, 0.2) is 48.5 Å². The van der Waals surface area contributed by atoms with Crippen LogP contribution in [-0.2, 0) is 10.9 Å². The summed E-state index contributed by atoms with van der Waals surface area (Å²) in [5.74, 6) is -0.418. The second-order valence-electron chi connectivity index (χ2n) is 4.57. The summed E-state index contributed by atoms with van der Waals surface area (Å²) >= 11 is 0. The fourth-order valence-electron chi connectivity index (χ4n) is 1.82. The lowest BCUT2D eigenvalue weighted by molar-refractivity contribution is -0.137. The Kier molecular flexibility index (Phi) is 4.65. The molecule has 5 heteroatoms. The second-order valence-corrected chi connectivity index (χ2v) is 4.57. The van der Waals surface area contributed by atoms with Gasteiger partial charge in [-0.2, -0.15) is 13.2 Å². The molecule has 114 valence electrons. The second kappa shape index (κ2) is 6.47. The highest BCUT2D eigenvalue weighted by Crippen LogP contribution is 2.29. The first-order valence-electron chi connectivity index (χ1n) is 6.44. The van der Waals surface area contributed by atoms with Gasteiger partial charge in [0.05, 0.1) is 18.2 Å². The lowest BCUT2D eigenvalue weighted by Crippen LogP contribution is -2.03. The molecule has 0 atom stereocenters. The van der Waals surface area contributed by atoms with E-state index < -0.39 is 17.7 Å². The molecule has 0 aliphatic carbocycles. The summed E-state index contributed by atoms with van der Waals surface area (Å²) in [4.78, 5) is 11.3. The third-order valence-corrected chi connectivity index (χ3v) is 3.04. The smallest absolute Gasteiger partial charge is 0.416 e. The Morgan fingerprint density at radius 1 is 0.909 bits per heavy atom. The van der Waals surface area contributed by atoms with Gasteiger partial charge in [0.1, 0.15) is 0 Å². The maximum Gasteiger partial charge on any atom is 0.416 e. The van der Waals surface area contributed by atoms with Crippen molar-refractivity contribution in [2.24, 2.45) is 0 Å². The van der Waals surface area contributed by atoms with Crippen molar-refractivity contribution in [3.8, 4) is 0 Å². The van der Waals surface area contributed by atoms with Gasteiger partial charge in [-0.1, -0.05) is 36.4 Å². The van der Waals surface area contributed by atoms with E-state index in [1.807, 2.05) is 0 Å². The van der Waals surface area contributed by atoms with Gasteiger partial charge in [0.15, 0.2) is 0 Å². The van der Waals surface area contributed by atoms with Crippen LogP contribution in [0.1, 0.15) is 27.0 Å². The van der Waals surface area contributed by atoms with Crippen LogP contribution in [0.25, 0.3) is 12.2 Å². The summed E-state index contributed by atoms with van der Waals surface area (Å²) in [6, 6.07) is 11.6. The normalized spacial score (nSPS) is 11.6. The molecule has 0 aromatic heterocycles. The average Bonchev–Trinajstić information content (AvgIpc) is 2.52. The maximum absolute atomic E-state index is 12.4. The van der Waals surface area contributed by atoms with E-state index in [1.165, 1.54) is 19.2 Å². The zero-order valence-electron chi connectivity index (χ0n) is 11.7. The third-order valence-electron chi connectivity index (χ3n) is 3.04. The SMILES string of the molecule is COC(=O)c1ccc(/C=C/c2ccc(C(F)(F)F)cc2)cc1. The largest absolute Gasteiger partial charge is 0.465 e. The van der Waals surface area contributed by atoms with Crippen molar-refractivity contribution in [2.45, 2.75) is 6.18 Å². The minimum Gasteiger partial charge on any atom is -0.465 e. The number of carbonyl (C=O) groups excluding carboxylic acids is 1. The Morgan fingerprint density at radius 2 is 1.36 bits per heavy atom. The lowest BCUT2D eigenvalue weighted by atomic mass is 10.1. The number of benzene rings is 2. The lowest BCUT2D eigenvalue weighted by Gasteiger charge is -2.05. The van der Waals surface area contributed by atoms with Gasteiger partial charge in [-0.05, 0) is 35.4 Å². The van der Waals surface area contributed by atoms with Crippen LogP contribution in [0.3, 0.4) is 0 Å². The molecule has 2 aromatic carbocycles. The minimum absolute atomic E-state index is 0.418. The maximum atomic E-state index is 12.4. The predicted molar refractivity (Wildman–Crippen MR) is 78.2 cm³/mol. The number of hydrogen-bond donors (Lipinski definition) is 0. The topological polar surface area (TPSA) is 26.3 Å². The summed E-state index contributed by atoms with van der Waals surface area (Å²) in [6.07, 6.45) is -0.872. The molecule has 0 aliphatic heterocycles. The molecule has 2 aromatic rings. The van der Waals surface area contributed by atoms with Crippen LogP contribution < -0.4 is 0 Å². The quantitative estimate of drug-likeness (QED) is 0.609.